The molecule has 3 aromatic rings. The zero-order chi connectivity index (χ0) is 13.7. The van der Waals surface area contributed by atoms with E-state index < -0.39 is 0 Å². The monoisotopic (exact) mass is 282 g/mol. The van der Waals surface area contributed by atoms with E-state index in [9.17, 15) is 0 Å². The fourth-order valence-electron chi connectivity index (χ4n) is 2.84. The lowest BCUT2D eigenvalue weighted by Crippen LogP contribution is -1.98. The average Bonchev–Trinajstić information content (AvgIpc) is 2.98. The standard InChI is InChI=1S/C15H14N4S/c1-8-5-6-17-7-10(8)14-18-13(16)12-9-3-2-4-11(9)20-15(12)19-14/h5-7H,2-4H2,1H3,(H2,16,18,19). The maximum atomic E-state index is 6.20. The first-order chi connectivity index (χ1) is 9.74. The van der Waals surface area contributed by atoms with E-state index >= 15 is 0 Å². The molecule has 0 bridgehead atoms. The molecule has 1 aliphatic carbocycles. The predicted molar refractivity (Wildman–Crippen MR) is 81.8 cm³/mol. The van der Waals surface area contributed by atoms with Gasteiger partial charge in [0.2, 0.25) is 0 Å². The topological polar surface area (TPSA) is 64.7 Å². The maximum Gasteiger partial charge on any atom is 0.164 e. The first-order valence-electron chi connectivity index (χ1n) is 6.73. The van der Waals surface area contributed by atoms with Gasteiger partial charge in [0.1, 0.15) is 10.6 Å². The van der Waals surface area contributed by atoms with E-state index in [1.54, 1.807) is 23.7 Å². The summed E-state index contributed by atoms with van der Waals surface area (Å²) in [4.78, 5) is 15.8. The Balaban J connectivity index is 1.98. The minimum Gasteiger partial charge on any atom is -0.383 e. The molecule has 20 heavy (non-hydrogen) atoms. The Hall–Kier alpha value is -2.01. The molecule has 0 aliphatic heterocycles. The Morgan fingerprint density at radius 1 is 1.25 bits per heavy atom. The van der Waals surface area contributed by atoms with Crippen molar-refractivity contribution >= 4 is 27.4 Å². The summed E-state index contributed by atoms with van der Waals surface area (Å²) in [5.41, 5.74) is 9.64. The van der Waals surface area contributed by atoms with Crippen LogP contribution in [-0.4, -0.2) is 15.0 Å². The molecule has 3 aromatic heterocycles. The van der Waals surface area contributed by atoms with Crippen molar-refractivity contribution in [2.75, 3.05) is 5.73 Å². The highest BCUT2D eigenvalue weighted by Gasteiger charge is 2.21. The Bertz CT molecular complexity index is 822. The van der Waals surface area contributed by atoms with Gasteiger partial charge in [-0.1, -0.05) is 0 Å². The second kappa shape index (κ2) is 4.24. The molecule has 4 nitrogen and oxygen atoms in total. The Morgan fingerprint density at radius 3 is 3.00 bits per heavy atom. The molecule has 0 fully saturated rings. The minimum absolute atomic E-state index is 0.604. The third kappa shape index (κ3) is 1.63. The Kier molecular flexibility index (Phi) is 2.50. The van der Waals surface area contributed by atoms with Crippen LogP contribution in [0.4, 0.5) is 5.82 Å². The van der Waals surface area contributed by atoms with Crippen LogP contribution in [0.25, 0.3) is 21.6 Å². The lowest BCUT2D eigenvalue weighted by Gasteiger charge is -2.05. The summed E-state index contributed by atoms with van der Waals surface area (Å²) < 4.78 is 0. The van der Waals surface area contributed by atoms with Crippen molar-refractivity contribution < 1.29 is 0 Å². The van der Waals surface area contributed by atoms with Gasteiger partial charge >= 0.3 is 0 Å². The van der Waals surface area contributed by atoms with Crippen LogP contribution >= 0.6 is 11.3 Å². The van der Waals surface area contributed by atoms with Gasteiger partial charge in [-0.25, -0.2) is 9.97 Å². The number of rotatable bonds is 1. The lowest BCUT2D eigenvalue weighted by molar-refractivity contribution is 0.917. The van der Waals surface area contributed by atoms with Crippen LogP contribution in [0.2, 0.25) is 0 Å². The summed E-state index contributed by atoms with van der Waals surface area (Å²) in [6, 6.07) is 1.97. The fourth-order valence-corrected chi connectivity index (χ4v) is 4.11. The van der Waals surface area contributed by atoms with Gasteiger partial charge in [-0.15, -0.1) is 11.3 Å². The van der Waals surface area contributed by atoms with Crippen molar-refractivity contribution in [1.82, 2.24) is 15.0 Å². The van der Waals surface area contributed by atoms with Gasteiger partial charge in [0.25, 0.3) is 0 Å². The third-order valence-corrected chi connectivity index (χ3v) is 5.06. The van der Waals surface area contributed by atoms with E-state index in [1.165, 1.54) is 16.9 Å². The molecule has 2 N–H and O–H groups in total. The molecule has 0 saturated carbocycles. The van der Waals surface area contributed by atoms with Gasteiger partial charge in [-0.05, 0) is 43.4 Å². The first kappa shape index (κ1) is 11.8. The second-order valence-electron chi connectivity index (χ2n) is 5.16. The molecule has 0 aromatic carbocycles. The van der Waals surface area contributed by atoms with Crippen LogP contribution in [0.5, 0.6) is 0 Å². The number of aromatic nitrogens is 3. The van der Waals surface area contributed by atoms with Gasteiger partial charge < -0.3 is 5.73 Å². The molecular formula is C15H14N4S. The van der Waals surface area contributed by atoms with E-state index in [-0.39, 0.29) is 0 Å². The van der Waals surface area contributed by atoms with E-state index in [1.807, 2.05) is 13.0 Å². The highest BCUT2D eigenvalue weighted by atomic mass is 32.1. The molecule has 3 heterocycles. The second-order valence-corrected chi connectivity index (χ2v) is 6.24. The van der Waals surface area contributed by atoms with E-state index in [2.05, 4.69) is 9.97 Å². The fraction of sp³-hybridized carbons (Fsp3) is 0.267. The molecule has 0 atom stereocenters. The largest absolute Gasteiger partial charge is 0.383 e. The Morgan fingerprint density at radius 2 is 2.15 bits per heavy atom. The van der Waals surface area contributed by atoms with E-state index in [0.717, 1.165) is 34.2 Å². The van der Waals surface area contributed by atoms with Crippen molar-refractivity contribution in [1.29, 1.82) is 0 Å². The smallest absolute Gasteiger partial charge is 0.164 e. The summed E-state index contributed by atoms with van der Waals surface area (Å²) in [6.45, 7) is 2.04. The Labute approximate surface area is 120 Å². The summed E-state index contributed by atoms with van der Waals surface area (Å²) in [5, 5.41) is 1.08. The summed E-state index contributed by atoms with van der Waals surface area (Å²) in [6.07, 6.45) is 7.06. The zero-order valence-corrected chi connectivity index (χ0v) is 12.0. The molecule has 5 heteroatoms. The number of nitrogens with zero attached hydrogens (tertiary/aromatic N) is 3. The number of fused-ring (bicyclic) bond motifs is 3. The zero-order valence-electron chi connectivity index (χ0n) is 11.2. The van der Waals surface area contributed by atoms with Crippen molar-refractivity contribution in [3.8, 4) is 11.4 Å². The highest BCUT2D eigenvalue weighted by molar-refractivity contribution is 7.19. The van der Waals surface area contributed by atoms with Gasteiger partial charge in [-0.3, -0.25) is 4.98 Å². The molecule has 0 saturated heterocycles. The summed E-state index contributed by atoms with van der Waals surface area (Å²) in [7, 11) is 0. The molecule has 0 unspecified atom stereocenters. The molecule has 0 spiro atoms. The maximum absolute atomic E-state index is 6.20. The van der Waals surface area contributed by atoms with Crippen LogP contribution < -0.4 is 5.73 Å². The van der Waals surface area contributed by atoms with Crippen LogP contribution in [0.3, 0.4) is 0 Å². The number of nitrogen functional groups attached to an aromatic ring is 1. The molecule has 1 aliphatic rings. The predicted octanol–water partition coefficient (Wildman–Crippen LogP) is 3.13. The summed E-state index contributed by atoms with van der Waals surface area (Å²) >= 11 is 1.76. The number of aryl methyl sites for hydroxylation is 3. The SMILES string of the molecule is Cc1ccncc1-c1nc(N)c2c3c(sc2n1)CCC3. The van der Waals surface area contributed by atoms with Gasteiger partial charge in [0.05, 0.1) is 5.39 Å². The number of hydrogen-bond donors (Lipinski definition) is 1. The molecule has 0 radical (unpaired) electrons. The highest BCUT2D eigenvalue weighted by Crippen LogP contribution is 2.39. The van der Waals surface area contributed by atoms with Gasteiger partial charge in [-0.2, -0.15) is 0 Å². The lowest BCUT2D eigenvalue weighted by atomic mass is 10.1. The minimum atomic E-state index is 0.604. The quantitative estimate of drug-likeness (QED) is 0.744. The van der Waals surface area contributed by atoms with Crippen molar-refractivity contribution in [3.05, 3.63) is 34.5 Å². The van der Waals surface area contributed by atoms with Gasteiger partial charge in [0.15, 0.2) is 5.82 Å². The van der Waals surface area contributed by atoms with Crippen LogP contribution in [0.15, 0.2) is 18.5 Å². The van der Waals surface area contributed by atoms with E-state index in [0.29, 0.717) is 11.6 Å². The normalized spacial score (nSPS) is 13.8. The van der Waals surface area contributed by atoms with Crippen molar-refractivity contribution in [2.24, 2.45) is 0 Å². The van der Waals surface area contributed by atoms with Crippen molar-refractivity contribution in [3.63, 3.8) is 0 Å². The molecule has 4 rings (SSSR count). The molecule has 100 valence electrons. The number of anilines is 1. The van der Waals surface area contributed by atoms with E-state index in [4.69, 9.17) is 10.7 Å². The number of pyridine rings is 1. The first-order valence-corrected chi connectivity index (χ1v) is 7.54. The third-order valence-electron chi connectivity index (χ3n) is 3.87. The number of nitrogens with two attached hydrogens (primary N) is 1. The number of hydrogen-bond acceptors (Lipinski definition) is 5. The van der Waals surface area contributed by atoms with Crippen LogP contribution in [-0.2, 0) is 12.8 Å². The van der Waals surface area contributed by atoms with Crippen molar-refractivity contribution in [2.45, 2.75) is 26.2 Å². The van der Waals surface area contributed by atoms with Gasteiger partial charge in [0, 0.05) is 22.8 Å². The average molecular weight is 282 g/mol. The summed E-state index contributed by atoms with van der Waals surface area (Å²) in [5.74, 6) is 1.29. The van der Waals surface area contributed by atoms with Crippen LogP contribution in [0, 0.1) is 6.92 Å². The van der Waals surface area contributed by atoms with Crippen LogP contribution in [0.1, 0.15) is 22.4 Å². The number of thiophene rings is 1. The molecule has 0 amide bonds. The molecular weight excluding hydrogens is 268 g/mol.